The standard InChI is InChI=1S/C24H39N3O5.C9H10.C3H4F3NO/c1-23(2,3)32-22(30)27-13-11-26(12-14-27)17-20(28)16-19(21(29)25-24(4,5)31)15-18-9-7-6-8-10-18;1-2-5-9-7-3-6-8(9)4-1;4-3(5,6)1-7-2-8/h6-10,19-20,28,31H,11-17H2,1-5H3,(H,25,29);1-2,4-5H,3,6-7H2;2H,1H2,(H,7,8)/t19-,20+;;/m1../s1. The number of aryl methyl sites for hydroxylation is 2. The van der Waals surface area contributed by atoms with E-state index in [1.165, 1.54) is 38.4 Å². The van der Waals surface area contributed by atoms with Crippen LogP contribution in [0.15, 0.2) is 54.6 Å². The number of hydrogen-bond donors (Lipinski definition) is 4. The summed E-state index contributed by atoms with van der Waals surface area (Å²) in [7, 11) is 0. The number of aliphatic hydroxyl groups is 2. The third-order valence-electron chi connectivity index (χ3n) is 7.57. The zero-order valence-corrected chi connectivity index (χ0v) is 29.3. The van der Waals surface area contributed by atoms with Crippen molar-refractivity contribution in [3.8, 4) is 0 Å². The Morgan fingerprint density at radius 1 is 0.918 bits per heavy atom. The van der Waals surface area contributed by atoms with E-state index >= 15 is 0 Å². The largest absolute Gasteiger partial charge is 0.444 e. The van der Waals surface area contributed by atoms with Gasteiger partial charge >= 0.3 is 12.3 Å². The molecule has 2 atom stereocenters. The first-order valence-electron chi connectivity index (χ1n) is 16.6. The molecule has 274 valence electrons. The van der Waals surface area contributed by atoms with Gasteiger partial charge in [0, 0.05) is 38.6 Å². The Bertz CT molecular complexity index is 1270. The minimum Gasteiger partial charge on any atom is -0.444 e. The van der Waals surface area contributed by atoms with Crippen LogP contribution in [0, 0.1) is 5.92 Å². The van der Waals surface area contributed by atoms with Gasteiger partial charge in [-0.15, -0.1) is 0 Å². The average Bonchev–Trinajstić information content (AvgIpc) is 3.48. The molecule has 0 bridgehead atoms. The van der Waals surface area contributed by atoms with E-state index in [1.54, 1.807) is 16.0 Å². The van der Waals surface area contributed by atoms with Crippen molar-refractivity contribution in [2.75, 3.05) is 39.3 Å². The summed E-state index contributed by atoms with van der Waals surface area (Å²) in [6.07, 6.45) is -0.580. The van der Waals surface area contributed by atoms with Crippen molar-refractivity contribution in [1.82, 2.24) is 20.4 Å². The second-order valence-electron chi connectivity index (χ2n) is 13.8. The molecule has 0 spiro atoms. The Kier molecular flexibility index (Phi) is 16.5. The predicted molar refractivity (Wildman–Crippen MR) is 182 cm³/mol. The van der Waals surface area contributed by atoms with Gasteiger partial charge in [0.15, 0.2) is 0 Å². The van der Waals surface area contributed by atoms with Crippen molar-refractivity contribution in [2.24, 2.45) is 5.92 Å². The van der Waals surface area contributed by atoms with Crippen molar-refractivity contribution >= 4 is 18.4 Å². The number of alkyl halides is 3. The zero-order valence-electron chi connectivity index (χ0n) is 29.3. The van der Waals surface area contributed by atoms with Crippen LogP contribution in [0.1, 0.15) is 64.2 Å². The van der Waals surface area contributed by atoms with Gasteiger partial charge in [-0.25, -0.2) is 4.79 Å². The summed E-state index contributed by atoms with van der Waals surface area (Å²) in [5.41, 5.74) is 2.29. The number of halogens is 3. The maximum atomic E-state index is 12.8. The van der Waals surface area contributed by atoms with E-state index < -0.39 is 36.1 Å². The maximum absolute atomic E-state index is 12.8. The van der Waals surface area contributed by atoms with Crippen molar-refractivity contribution in [3.63, 3.8) is 0 Å². The van der Waals surface area contributed by atoms with E-state index in [4.69, 9.17) is 4.74 Å². The summed E-state index contributed by atoms with van der Waals surface area (Å²) in [6, 6.07) is 18.4. The fourth-order valence-corrected chi connectivity index (χ4v) is 5.40. The van der Waals surface area contributed by atoms with Crippen LogP contribution in [-0.4, -0.2) is 101 Å². The zero-order chi connectivity index (χ0) is 36.7. The summed E-state index contributed by atoms with van der Waals surface area (Å²) in [4.78, 5) is 38.0. The van der Waals surface area contributed by atoms with E-state index in [2.05, 4.69) is 34.5 Å². The number of nitrogens with one attached hydrogen (secondary N) is 2. The Hall–Kier alpha value is -3.68. The molecule has 3 amide bonds. The molecule has 10 nitrogen and oxygen atoms in total. The molecule has 1 saturated heterocycles. The number of carbonyl (C=O) groups excluding carboxylic acids is 3. The number of ether oxygens (including phenoxy) is 1. The van der Waals surface area contributed by atoms with E-state index in [9.17, 15) is 37.8 Å². The van der Waals surface area contributed by atoms with Gasteiger partial charge in [-0.05, 0) is 83.4 Å². The summed E-state index contributed by atoms with van der Waals surface area (Å²) in [5, 5.41) is 24.8. The fraction of sp³-hybridized carbons (Fsp3) is 0.583. The fourth-order valence-electron chi connectivity index (χ4n) is 5.40. The molecule has 1 fully saturated rings. The molecular formula is C36H53F3N4O6. The minimum absolute atomic E-state index is 0.00743. The van der Waals surface area contributed by atoms with Crippen LogP contribution < -0.4 is 10.6 Å². The lowest BCUT2D eigenvalue weighted by Gasteiger charge is -2.36. The highest BCUT2D eigenvalue weighted by molar-refractivity contribution is 5.79. The molecular weight excluding hydrogens is 641 g/mol. The summed E-state index contributed by atoms with van der Waals surface area (Å²) in [6.45, 7) is 10.1. The lowest BCUT2D eigenvalue weighted by atomic mass is 9.92. The van der Waals surface area contributed by atoms with Gasteiger partial charge in [-0.1, -0.05) is 54.6 Å². The Morgan fingerprint density at radius 3 is 1.94 bits per heavy atom. The van der Waals surface area contributed by atoms with Gasteiger partial charge < -0.3 is 30.5 Å². The highest BCUT2D eigenvalue weighted by Gasteiger charge is 2.30. The monoisotopic (exact) mass is 694 g/mol. The number of benzene rings is 2. The topological polar surface area (TPSA) is 131 Å². The molecule has 1 aliphatic heterocycles. The molecule has 2 aromatic rings. The lowest BCUT2D eigenvalue weighted by Crippen LogP contribution is -2.52. The first kappa shape index (κ1) is 41.5. The number of fused-ring (bicyclic) bond motifs is 1. The highest BCUT2D eigenvalue weighted by Crippen LogP contribution is 2.21. The number of carbonyl (C=O) groups is 3. The number of hydrogen-bond acceptors (Lipinski definition) is 7. The Labute approximate surface area is 288 Å². The van der Waals surface area contributed by atoms with Gasteiger partial charge in [0.1, 0.15) is 17.9 Å². The Morgan fingerprint density at radius 2 is 1.47 bits per heavy atom. The molecule has 4 rings (SSSR count). The first-order chi connectivity index (χ1) is 22.8. The number of piperazine rings is 1. The molecule has 49 heavy (non-hydrogen) atoms. The quantitative estimate of drug-likeness (QED) is 0.213. The molecule has 4 N–H and O–H groups in total. The normalized spacial score (nSPS) is 16.1. The van der Waals surface area contributed by atoms with Crippen LogP contribution in [-0.2, 0) is 33.6 Å². The molecule has 0 unspecified atom stereocenters. The number of rotatable bonds is 10. The van der Waals surface area contributed by atoms with Crippen molar-refractivity contribution in [3.05, 3.63) is 71.3 Å². The van der Waals surface area contributed by atoms with Gasteiger partial charge in [0.2, 0.25) is 12.3 Å². The number of β-amino-alcohol motifs (C(OH)–C–C–N with tert-alkyl or cyclic N) is 1. The third kappa shape index (κ3) is 18.0. The molecule has 13 heteroatoms. The highest BCUT2D eigenvalue weighted by atomic mass is 19.4. The number of nitrogens with zero attached hydrogens (tertiary/aromatic N) is 2. The summed E-state index contributed by atoms with van der Waals surface area (Å²) >= 11 is 0. The van der Waals surface area contributed by atoms with E-state index in [0.717, 1.165) is 5.56 Å². The van der Waals surface area contributed by atoms with Crippen molar-refractivity contribution < 1.29 is 42.5 Å². The van der Waals surface area contributed by atoms with Crippen LogP contribution in [0.25, 0.3) is 0 Å². The van der Waals surface area contributed by atoms with Crippen LogP contribution in [0.5, 0.6) is 0 Å². The Balaban J connectivity index is 0.000000394. The van der Waals surface area contributed by atoms with E-state index in [-0.39, 0.29) is 24.8 Å². The van der Waals surface area contributed by atoms with Crippen molar-refractivity contribution in [2.45, 2.75) is 90.3 Å². The smallest absolute Gasteiger partial charge is 0.410 e. The lowest BCUT2D eigenvalue weighted by molar-refractivity contribution is -0.132. The van der Waals surface area contributed by atoms with Crippen molar-refractivity contribution in [1.29, 1.82) is 0 Å². The van der Waals surface area contributed by atoms with Crippen LogP contribution in [0.4, 0.5) is 18.0 Å². The van der Waals surface area contributed by atoms with Crippen LogP contribution >= 0.6 is 0 Å². The molecule has 0 radical (unpaired) electrons. The number of amides is 3. The minimum atomic E-state index is -4.29. The molecule has 0 saturated carbocycles. The SMILES string of the molecule is CC(C)(O)NC(=O)[C@H](Cc1ccccc1)C[C@H](O)CN1CCN(C(=O)OC(C)(C)C)CC1.O=CNCC(F)(F)F.c1ccc2c(c1)CCC2. The van der Waals surface area contributed by atoms with Gasteiger partial charge in [0.05, 0.1) is 6.10 Å². The van der Waals surface area contributed by atoms with Crippen LogP contribution in [0.3, 0.4) is 0 Å². The van der Waals surface area contributed by atoms with Crippen LogP contribution in [0.2, 0.25) is 0 Å². The van der Waals surface area contributed by atoms with Gasteiger partial charge in [-0.3, -0.25) is 14.5 Å². The summed E-state index contributed by atoms with van der Waals surface area (Å²) in [5.74, 6) is -0.753. The predicted octanol–water partition coefficient (Wildman–Crippen LogP) is 4.46. The van der Waals surface area contributed by atoms with Gasteiger partial charge in [-0.2, -0.15) is 13.2 Å². The summed E-state index contributed by atoms with van der Waals surface area (Å²) < 4.78 is 38.5. The average molecular weight is 695 g/mol. The molecule has 1 heterocycles. The van der Waals surface area contributed by atoms with E-state index in [0.29, 0.717) is 39.1 Å². The third-order valence-corrected chi connectivity index (χ3v) is 7.57. The number of aliphatic hydroxyl groups excluding tert-OH is 1. The van der Waals surface area contributed by atoms with E-state index in [1.807, 2.05) is 51.1 Å². The second kappa shape index (κ2) is 19.5. The van der Waals surface area contributed by atoms with Gasteiger partial charge in [0.25, 0.3) is 0 Å². The second-order valence-corrected chi connectivity index (χ2v) is 13.8. The molecule has 2 aliphatic rings. The molecule has 1 aliphatic carbocycles. The maximum Gasteiger partial charge on any atom is 0.410 e. The molecule has 0 aromatic heterocycles. The molecule has 2 aromatic carbocycles. The first-order valence-corrected chi connectivity index (χ1v) is 16.6.